The zero-order chi connectivity index (χ0) is 13.1. The Morgan fingerprint density at radius 3 is 2.50 bits per heavy atom. The number of halogens is 2. The number of nitrogen functional groups attached to an aromatic ring is 1. The highest BCUT2D eigenvalue weighted by atomic mass is 35.5. The molecule has 0 saturated carbocycles. The summed E-state index contributed by atoms with van der Waals surface area (Å²) < 4.78 is 12.2. The molecule has 0 fully saturated rings. The van der Waals surface area contributed by atoms with E-state index < -0.39 is 10.8 Å². The highest BCUT2D eigenvalue weighted by molar-refractivity contribution is 7.84. The maximum atomic E-state index is 12.2. The van der Waals surface area contributed by atoms with E-state index in [-0.39, 0.29) is 0 Å². The van der Waals surface area contributed by atoms with Gasteiger partial charge in [-0.1, -0.05) is 29.3 Å². The van der Waals surface area contributed by atoms with Gasteiger partial charge in [0, 0.05) is 20.6 Å². The molecule has 5 heteroatoms. The van der Waals surface area contributed by atoms with Crippen molar-refractivity contribution in [3.63, 3.8) is 0 Å². The third-order valence-electron chi connectivity index (χ3n) is 2.45. The second-order valence-corrected chi connectivity index (χ2v) is 6.11. The van der Waals surface area contributed by atoms with Gasteiger partial charge in [-0.05, 0) is 42.0 Å². The lowest BCUT2D eigenvalue weighted by atomic mass is 10.2. The Bertz CT molecular complexity index is 601. The first kappa shape index (κ1) is 13.4. The molecule has 2 rings (SSSR count). The molecule has 2 aromatic rings. The van der Waals surface area contributed by atoms with Gasteiger partial charge in [0.2, 0.25) is 0 Å². The summed E-state index contributed by atoms with van der Waals surface area (Å²) in [5, 5.41) is 1.15. The highest BCUT2D eigenvalue weighted by Crippen LogP contribution is 2.22. The summed E-state index contributed by atoms with van der Waals surface area (Å²) in [7, 11) is -1.19. The average Bonchev–Trinajstić information content (AvgIpc) is 2.34. The number of rotatable bonds is 3. The zero-order valence-corrected chi connectivity index (χ0v) is 11.7. The van der Waals surface area contributed by atoms with E-state index in [0.29, 0.717) is 26.4 Å². The Kier molecular flexibility index (Phi) is 4.27. The second kappa shape index (κ2) is 5.74. The van der Waals surface area contributed by atoms with Crippen LogP contribution in [0, 0.1) is 0 Å². The smallest absolute Gasteiger partial charge is 0.0575 e. The molecule has 0 heterocycles. The van der Waals surface area contributed by atoms with Crippen LogP contribution in [-0.4, -0.2) is 4.21 Å². The maximum absolute atomic E-state index is 12.2. The third kappa shape index (κ3) is 3.25. The molecule has 2 aromatic carbocycles. The fourth-order valence-corrected chi connectivity index (χ4v) is 3.17. The fraction of sp³-hybridized carbons (Fsp3) is 0.0769. The first-order valence-corrected chi connectivity index (χ1v) is 7.31. The molecule has 0 aliphatic heterocycles. The minimum atomic E-state index is -1.19. The van der Waals surface area contributed by atoms with Crippen molar-refractivity contribution in [1.82, 2.24) is 0 Å². The van der Waals surface area contributed by atoms with Crippen LogP contribution in [0.25, 0.3) is 0 Å². The quantitative estimate of drug-likeness (QED) is 0.874. The van der Waals surface area contributed by atoms with Gasteiger partial charge in [-0.25, -0.2) is 0 Å². The van der Waals surface area contributed by atoms with Gasteiger partial charge in [-0.2, -0.15) is 0 Å². The van der Waals surface area contributed by atoms with Crippen molar-refractivity contribution in [2.24, 2.45) is 0 Å². The molecule has 0 radical (unpaired) electrons. The van der Waals surface area contributed by atoms with Gasteiger partial charge in [0.1, 0.15) is 0 Å². The zero-order valence-electron chi connectivity index (χ0n) is 9.40. The largest absolute Gasteiger partial charge is 0.398 e. The van der Waals surface area contributed by atoms with E-state index in [9.17, 15) is 4.21 Å². The molecule has 18 heavy (non-hydrogen) atoms. The molecule has 0 bridgehead atoms. The van der Waals surface area contributed by atoms with Gasteiger partial charge in [0.05, 0.1) is 16.6 Å². The Balaban J connectivity index is 2.24. The van der Waals surface area contributed by atoms with Crippen molar-refractivity contribution in [3.05, 3.63) is 58.1 Å². The van der Waals surface area contributed by atoms with E-state index in [2.05, 4.69) is 0 Å². The molecule has 1 atom stereocenters. The number of nitrogens with two attached hydrogens (primary N) is 1. The van der Waals surface area contributed by atoms with E-state index in [0.717, 1.165) is 5.56 Å². The van der Waals surface area contributed by atoms with Crippen molar-refractivity contribution in [1.29, 1.82) is 0 Å². The standard InChI is InChI=1S/C13H11Cl2NOS/c14-10-2-1-3-12(7-10)18(17)8-9-6-11(15)4-5-13(9)16/h1-7H,8,16H2. The molecule has 1 unspecified atom stereocenters. The predicted octanol–water partition coefficient (Wildman–Crippen LogP) is 3.88. The topological polar surface area (TPSA) is 43.1 Å². The van der Waals surface area contributed by atoms with E-state index in [1.54, 1.807) is 42.5 Å². The summed E-state index contributed by atoms with van der Waals surface area (Å²) in [5.41, 5.74) is 7.20. The monoisotopic (exact) mass is 299 g/mol. The van der Waals surface area contributed by atoms with Crippen LogP contribution in [0.3, 0.4) is 0 Å². The SMILES string of the molecule is Nc1ccc(Cl)cc1CS(=O)c1cccc(Cl)c1. The van der Waals surface area contributed by atoms with Gasteiger partial charge in [0.25, 0.3) is 0 Å². The molecule has 0 saturated heterocycles. The molecule has 2 nitrogen and oxygen atoms in total. The van der Waals surface area contributed by atoms with Crippen LogP contribution in [0.4, 0.5) is 5.69 Å². The molecule has 0 amide bonds. The van der Waals surface area contributed by atoms with Crippen LogP contribution < -0.4 is 5.73 Å². The van der Waals surface area contributed by atoms with Crippen LogP contribution >= 0.6 is 23.2 Å². The van der Waals surface area contributed by atoms with Crippen LogP contribution in [-0.2, 0) is 16.6 Å². The summed E-state index contributed by atoms with van der Waals surface area (Å²) in [4.78, 5) is 0.682. The minimum absolute atomic E-state index is 0.326. The van der Waals surface area contributed by atoms with Gasteiger partial charge in [0.15, 0.2) is 0 Å². The summed E-state index contributed by atoms with van der Waals surface area (Å²) in [6.45, 7) is 0. The van der Waals surface area contributed by atoms with Crippen LogP contribution in [0.1, 0.15) is 5.56 Å². The Morgan fingerprint density at radius 2 is 1.78 bits per heavy atom. The van der Waals surface area contributed by atoms with Crippen molar-refractivity contribution in [2.75, 3.05) is 5.73 Å². The Morgan fingerprint density at radius 1 is 1.06 bits per heavy atom. The Hall–Kier alpha value is -1.03. The summed E-state index contributed by atoms with van der Waals surface area (Å²) in [6.07, 6.45) is 0. The maximum Gasteiger partial charge on any atom is 0.0575 e. The van der Waals surface area contributed by atoms with E-state index in [1.165, 1.54) is 0 Å². The van der Waals surface area contributed by atoms with Crippen LogP contribution in [0.2, 0.25) is 10.0 Å². The highest BCUT2D eigenvalue weighted by Gasteiger charge is 2.08. The van der Waals surface area contributed by atoms with Crippen molar-refractivity contribution < 1.29 is 4.21 Å². The Labute approximate surface area is 118 Å². The predicted molar refractivity (Wildman–Crippen MR) is 77.4 cm³/mol. The lowest BCUT2D eigenvalue weighted by Crippen LogP contribution is -2.00. The third-order valence-corrected chi connectivity index (χ3v) is 4.27. The lowest BCUT2D eigenvalue weighted by molar-refractivity contribution is 0.682. The number of anilines is 1. The lowest BCUT2D eigenvalue weighted by Gasteiger charge is -2.06. The number of benzene rings is 2. The summed E-state index contributed by atoms with van der Waals surface area (Å²) in [6, 6.07) is 12.2. The normalized spacial score (nSPS) is 12.3. The summed E-state index contributed by atoms with van der Waals surface area (Å²) >= 11 is 11.8. The van der Waals surface area contributed by atoms with E-state index in [4.69, 9.17) is 28.9 Å². The molecular weight excluding hydrogens is 289 g/mol. The second-order valence-electron chi connectivity index (χ2n) is 3.79. The molecule has 2 N–H and O–H groups in total. The van der Waals surface area contributed by atoms with Gasteiger partial charge >= 0.3 is 0 Å². The van der Waals surface area contributed by atoms with Crippen LogP contribution in [0.15, 0.2) is 47.4 Å². The van der Waals surface area contributed by atoms with Gasteiger partial charge in [-0.15, -0.1) is 0 Å². The van der Waals surface area contributed by atoms with E-state index in [1.807, 2.05) is 0 Å². The molecule has 94 valence electrons. The molecule has 0 aliphatic rings. The van der Waals surface area contributed by atoms with Crippen LogP contribution in [0.5, 0.6) is 0 Å². The number of hydrogen-bond donors (Lipinski definition) is 1. The van der Waals surface area contributed by atoms with Crippen molar-refractivity contribution in [3.8, 4) is 0 Å². The molecule has 0 aromatic heterocycles. The van der Waals surface area contributed by atoms with Gasteiger partial charge < -0.3 is 5.73 Å². The average molecular weight is 300 g/mol. The molecule has 0 spiro atoms. The minimum Gasteiger partial charge on any atom is -0.398 e. The fourth-order valence-electron chi connectivity index (χ4n) is 1.53. The molecule has 0 aliphatic carbocycles. The first-order valence-electron chi connectivity index (χ1n) is 5.24. The van der Waals surface area contributed by atoms with Crippen molar-refractivity contribution in [2.45, 2.75) is 10.6 Å². The first-order chi connectivity index (χ1) is 8.56. The number of hydrogen-bond acceptors (Lipinski definition) is 2. The molecular formula is C13H11Cl2NOS. The summed E-state index contributed by atoms with van der Waals surface area (Å²) in [5.74, 6) is 0.326. The van der Waals surface area contributed by atoms with E-state index >= 15 is 0 Å². The van der Waals surface area contributed by atoms with Crippen molar-refractivity contribution >= 4 is 39.7 Å². The van der Waals surface area contributed by atoms with Gasteiger partial charge in [-0.3, -0.25) is 4.21 Å².